The molecule has 2 aliphatic carbocycles. The summed E-state index contributed by atoms with van der Waals surface area (Å²) < 4.78 is -1.89. The molecule has 2 unspecified atom stereocenters. The van der Waals surface area contributed by atoms with Gasteiger partial charge in [-0.05, 0) is 0 Å². The van der Waals surface area contributed by atoms with Crippen molar-refractivity contribution >= 4 is 46.7 Å². The first-order chi connectivity index (χ1) is 25.4. The molecule has 2 N–H and O–H groups in total. The van der Waals surface area contributed by atoms with Crippen LogP contribution in [0.2, 0.25) is 0 Å². The predicted octanol–water partition coefficient (Wildman–Crippen LogP) is 12.4. The minimum atomic E-state index is -6.20. The van der Waals surface area contributed by atoms with Crippen molar-refractivity contribution in [1.82, 2.24) is 10.5 Å². The van der Waals surface area contributed by atoms with Crippen LogP contribution in [-0.4, -0.2) is 17.4 Å². The van der Waals surface area contributed by atoms with Gasteiger partial charge in [0.1, 0.15) is 0 Å². The molecule has 2 atom stereocenters. The third kappa shape index (κ3) is 6.73. The van der Waals surface area contributed by atoms with E-state index in [4.69, 9.17) is 17.2 Å². The summed E-state index contributed by atoms with van der Waals surface area (Å²) in [6, 6.07) is 30.2. The van der Waals surface area contributed by atoms with Gasteiger partial charge >= 0.3 is 334 Å². The van der Waals surface area contributed by atoms with Gasteiger partial charge in [0.25, 0.3) is 0 Å². The fraction of sp³-hybridized carbons (Fsp3) is 0.348. The molecule has 4 aromatic carbocycles. The topological polar surface area (TPSA) is 58.2 Å². The van der Waals surface area contributed by atoms with Crippen LogP contribution in [0.5, 0.6) is 0 Å². The molecule has 0 aliphatic heterocycles. The van der Waals surface area contributed by atoms with E-state index in [0.29, 0.717) is 24.7 Å². The molecule has 54 heavy (non-hydrogen) atoms. The number of carbonyl (C=O) groups excluding carboxylic acids is 2. The van der Waals surface area contributed by atoms with Gasteiger partial charge in [-0.2, -0.15) is 0 Å². The average molecular weight is 927 g/mol. The molecule has 281 valence electrons. The first-order valence-electron chi connectivity index (χ1n) is 19.2. The number of nitrogens with one attached hydrogen (secondary N) is 2. The van der Waals surface area contributed by atoms with Crippen LogP contribution in [0, 0.1) is 10.8 Å². The van der Waals surface area contributed by atoms with Crippen LogP contribution in [0.25, 0.3) is 34.4 Å². The summed E-state index contributed by atoms with van der Waals surface area (Å²) in [7, 11) is 17.6. The van der Waals surface area contributed by atoms with Crippen LogP contribution >= 0.6 is 17.2 Å². The van der Waals surface area contributed by atoms with Gasteiger partial charge in [-0.3, -0.25) is 0 Å². The number of rotatable bonds is 11. The van der Waals surface area contributed by atoms with Crippen molar-refractivity contribution in [3.63, 3.8) is 0 Å². The molecular formula is C46H54BCl2HfN2O2. The van der Waals surface area contributed by atoms with Gasteiger partial charge in [0.05, 0.1) is 0 Å². The van der Waals surface area contributed by atoms with Gasteiger partial charge in [-0.25, -0.2) is 0 Å². The first-order valence-corrected chi connectivity index (χ1v) is 34.3. The second-order valence-electron chi connectivity index (χ2n) is 17.9. The van der Waals surface area contributed by atoms with Crippen molar-refractivity contribution in [1.29, 1.82) is 0 Å². The Hall–Kier alpha value is -3.18. The van der Waals surface area contributed by atoms with Gasteiger partial charge in [0, 0.05) is 0 Å². The molecular weight excluding hydrogens is 873 g/mol. The molecule has 0 heterocycles. The first kappa shape index (κ1) is 40.5. The molecule has 4 aromatic rings. The van der Waals surface area contributed by atoms with E-state index in [1.165, 1.54) is 22.3 Å². The quantitative estimate of drug-likeness (QED) is 0.116. The van der Waals surface area contributed by atoms with Gasteiger partial charge in [-0.15, -0.1) is 0 Å². The molecule has 0 bridgehead atoms. The predicted molar refractivity (Wildman–Crippen MR) is 228 cm³/mol. The Morgan fingerprint density at radius 3 is 1.26 bits per heavy atom. The van der Waals surface area contributed by atoms with E-state index in [1.54, 1.807) is 0 Å². The third-order valence-electron chi connectivity index (χ3n) is 11.7. The molecule has 0 radical (unpaired) electrons. The summed E-state index contributed by atoms with van der Waals surface area (Å²) in [6.45, 7) is 22.2. The summed E-state index contributed by atoms with van der Waals surface area (Å²) >= 11 is -6.20. The van der Waals surface area contributed by atoms with E-state index < -0.39 is 27.8 Å². The van der Waals surface area contributed by atoms with Crippen molar-refractivity contribution in [3.05, 3.63) is 129 Å². The molecule has 0 spiro atoms. The molecule has 4 nitrogen and oxygen atoms in total. The van der Waals surface area contributed by atoms with E-state index in [-0.39, 0.29) is 10.8 Å². The number of benzene rings is 4. The van der Waals surface area contributed by atoms with Crippen LogP contribution in [0.15, 0.2) is 96.1 Å². The fourth-order valence-electron chi connectivity index (χ4n) is 9.26. The van der Waals surface area contributed by atoms with Crippen molar-refractivity contribution in [2.45, 2.75) is 88.4 Å². The van der Waals surface area contributed by atoms with Gasteiger partial charge in [-0.1, -0.05) is 0 Å². The Bertz CT molecular complexity index is 2030. The van der Waals surface area contributed by atoms with Crippen LogP contribution in [-0.2, 0) is 25.5 Å². The van der Waals surface area contributed by atoms with Crippen molar-refractivity contribution in [2.75, 3.05) is 0 Å². The number of hydrogen-bond acceptors (Lipinski definition) is 2. The van der Waals surface area contributed by atoms with E-state index in [0.717, 1.165) is 44.5 Å². The Labute approximate surface area is 331 Å². The summed E-state index contributed by atoms with van der Waals surface area (Å²) in [5.74, 6) is 0.628. The second kappa shape index (κ2) is 14.7. The van der Waals surface area contributed by atoms with Gasteiger partial charge in [0.2, 0.25) is 0 Å². The van der Waals surface area contributed by atoms with Gasteiger partial charge < -0.3 is 0 Å². The molecule has 2 aliphatic rings. The van der Waals surface area contributed by atoms with E-state index >= 15 is 0 Å². The molecule has 0 saturated heterocycles. The Balaban J connectivity index is 1.74. The molecule has 2 amide bonds. The number of allylic oxidation sites excluding steroid dienone is 2. The number of carbonyl (C=O) groups is 2. The monoisotopic (exact) mass is 927 g/mol. The van der Waals surface area contributed by atoms with E-state index in [9.17, 15) is 9.59 Å². The zero-order valence-electron chi connectivity index (χ0n) is 33.4. The maximum atomic E-state index is 12.7. The number of fused-ring (bicyclic) bond motifs is 2. The molecule has 6 rings (SSSR count). The molecule has 0 fully saturated rings. The van der Waals surface area contributed by atoms with Crippen LogP contribution in [0.4, 0.5) is 0 Å². The molecule has 0 saturated carbocycles. The van der Waals surface area contributed by atoms with Crippen molar-refractivity contribution in [2.24, 2.45) is 10.8 Å². The third-order valence-corrected chi connectivity index (χ3v) is 40.0. The Morgan fingerprint density at radius 2 is 0.926 bits per heavy atom. The number of amides is 2. The Morgan fingerprint density at radius 1 is 0.574 bits per heavy atom. The SMILES string of the molecule is CC(C)c1ccccc1-c1cccc2c1C=C(C(C)(C)C)[CH]2[Hf]([Cl])([Cl])([B](NC=O)NC=O)[CH]1C(C(C)(C)C)=Cc2c(-c3ccccc3C(C)C)cccc21. The standard InChI is InChI=1S/2C22H25.C2H3BN2O2.2ClH.Hf/c2*1-15(2)18-10-6-7-11-19(18)20-12-8-9-16-13-17(14-21(16)20)22(3,4)5;6-1-4-3-5-2-7;;;/h2*6-15H,1-5H3;1-2H,(H-,4,5,6,7);2*1H;/q;;;;;+1/p-1. The normalized spacial score (nSPS) is 17.6. The summed E-state index contributed by atoms with van der Waals surface area (Å²) in [5, 5.41) is 6.04. The Kier molecular flexibility index (Phi) is 11.0. The van der Waals surface area contributed by atoms with Crippen LogP contribution in [0.1, 0.15) is 122 Å². The van der Waals surface area contributed by atoms with Crippen LogP contribution in [0.3, 0.4) is 0 Å². The molecule has 0 aromatic heterocycles. The maximum absolute atomic E-state index is 12.7. The zero-order valence-corrected chi connectivity index (χ0v) is 38.5. The van der Waals surface area contributed by atoms with Crippen LogP contribution < -0.4 is 10.5 Å². The average Bonchev–Trinajstić information content (AvgIpc) is 3.73. The zero-order chi connectivity index (χ0) is 39.4. The molecule has 8 heteroatoms. The minimum absolute atomic E-state index is 0.314. The van der Waals surface area contributed by atoms with Crippen molar-refractivity contribution in [3.8, 4) is 22.3 Å². The summed E-state index contributed by atoms with van der Waals surface area (Å²) in [4.78, 5) is 25.3. The van der Waals surface area contributed by atoms with E-state index in [2.05, 4.69) is 177 Å². The van der Waals surface area contributed by atoms with Gasteiger partial charge in [0.15, 0.2) is 0 Å². The van der Waals surface area contributed by atoms with Crippen molar-refractivity contribution < 1.29 is 25.5 Å². The fourth-order valence-corrected chi connectivity index (χ4v) is 39.4. The number of halogens is 2. The second-order valence-corrected chi connectivity index (χ2v) is 48.3. The number of hydrogen-bond donors (Lipinski definition) is 2. The summed E-state index contributed by atoms with van der Waals surface area (Å²) in [5.41, 5.74) is 12.9. The summed E-state index contributed by atoms with van der Waals surface area (Å²) in [6.07, 6.45) is 5.91. The van der Waals surface area contributed by atoms with E-state index in [1.807, 2.05) is 0 Å².